The molecule has 0 radical (unpaired) electrons. The van der Waals surface area contributed by atoms with Crippen LogP contribution in [-0.4, -0.2) is 10.2 Å². The summed E-state index contributed by atoms with van der Waals surface area (Å²) in [5.41, 5.74) is 7.33. The summed E-state index contributed by atoms with van der Waals surface area (Å²) in [4.78, 5) is 0. The van der Waals surface area contributed by atoms with Crippen LogP contribution in [0.4, 0.5) is 17.1 Å². The molecule has 0 fully saturated rings. The number of anilines is 3. The molecular formula is C12H12N2O2. The van der Waals surface area contributed by atoms with Gasteiger partial charge in [-0.15, -0.1) is 0 Å². The number of aromatic hydroxyl groups is 2. The maximum atomic E-state index is 9.57. The van der Waals surface area contributed by atoms with Crippen molar-refractivity contribution in [2.45, 2.75) is 0 Å². The van der Waals surface area contributed by atoms with Gasteiger partial charge in [-0.1, -0.05) is 12.1 Å². The van der Waals surface area contributed by atoms with Crippen LogP contribution in [0.2, 0.25) is 0 Å². The molecule has 2 aromatic rings. The second-order valence-corrected chi connectivity index (χ2v) is 3.41. The summed E-state index contributed by atoms with van der Waals surface area (Å²) in [6.45, 7) is 0. The molecule has 0 saturated heterocycles. The minimum Gasteiger partial charge on any atom is -0.508 e. The molecule has 5 N–H and O–H groups in total. The fraction of sp³-hybridized carbons (Fsp3) is 0. The molecular weight excluding hydrogens is 204 g/mol. The lowest BCUT2D eigenvalue weighted by atomic mass is 10.2. The van der Waals surface area contributed by atoms with Gasteiger partial charge in [0.05, 0.1) is 17.1 Å². The molecule has 4 nitrogen and oxygen atoms in total. The van der Waals surface area contributed by atoms with Crippen LogP contribution < -0.4 is 11.1 Å². The summed E-state index contributed by atoms with van der Waals surface area (Å²) in [5, 5.41) is 21.8. The Balaban J connectivity index is 2.34. The fourth-order valence-electron chi connectivity index (χ4n) is 1.38. The van der Waals surface area contributed by atoms with E-state index >= 15 is 0 Å². The normalized spacial score (nSPS) is 10.0. The van der Waals surface area contributed by atoms with Crippen LogP contribution in [0.1, 0.15) is 0 Å². The third kappa shape index (κ3) is 2.00. The van der Waals surface area contributed by atoms with Gasteiger partial charge in [0.15, 0.2) is 0 Å². The predicted molar refractivity (Wildman–Crippen MR) is 63.9 cm³/mol. The van der Waals surface area contributed by atoms with Crippen molar-refractivity contribution in [3.8, 4) is 11.5 Å². The standard InChI is InChI=1S/C12H12N2O2/c13-9-6-5-8(15)7-11(9)14-10-3-1-2-4-12(10)16/h1-7,14-16H,13H2. The Kier molecular flexibility index (Phi) is 2.55. The van der Waals surface area contributed by atoms with Crippen LogP contribution in [0.15, 0.2) is 42.5 Å². The van der Waals surface area contributed by atoms with Crippen LogP contribution >= 0.6 is 0 Å². The van der Waals surface area contributed by atoms with Gasteiger partial charge in [-0.05, 0) is 24.3 Å². The molecule has 0 unspecified atom stereocenters. The number of rotatable bonds is 2. The second kappa shape index (κ2) is 4.02. The van der Waals surface area contributed by atoms with Crippen molar-refractivity contribution in [3.63, 3.8) is 0 Å². The van der Waals surface area contributed by atoms with E-state index in [1.54, 1.807) is 30.3 Å². The molecule has 0 atom stereocenters. The van der Waals surface area contributed by atoms with Crippen molar-refractivity contribution < 1.29 is 10.2 Å². The van der Waals surface area contributed by atoms with Crippen molar-refractivity contribution in [1.29, 1.82) is 0 Å². The zero-order chi connectivity index (χ0) is 11.5. The lowest BCUT2D eigenvalue weighted by Crippen LogP contribution is -1.95. The maximum absolute atomic E-state index is 9.57. The Labute approximate surface area is 93.0 Å². The van der Waals surface area contributed by atoms with E-state index in [-0.39, 0.29) is 11.5 Å². The van der Waals surface area contributed by atoms with Crippen LogP contribution in [0.3, 0.4) is 0 Å². The summed E-state index contributed by atoms with van der Waals surface area (Å²) in [5.74, 6) is 0.248. The molecule has 2 aromatic carbocycles. The highest BCUT2D eigenvalue weighted by molar-refractivity contribution is 5.76. The molecule has 0 aliphatic rings. The first-order chi connectivity index (χ1) is 7.66. The molecule has 4 heteroatoms. The highest BCUT2D eigenvalue weighted by Gasteiger charge is 2.03. The molecule has 0 bridgehead atoms. The topological polar surface area (TPSA) is 78.5 Å². The Morgan fingerprint density at radius 2 is 1.69 bits per heavy atom. The maximum Gasteiger partial charge on any atom is 0.139 e. The van der Waals surface area contributed by atoms with Gasteiger partial charge in [0.1, 0.15) is 11.5 Å². The first-order valence-corrected chi connectivity index (χ1v) is 4.80. The summed E-state index contributed by atoms with van der Waals surface area (Å²) < 4.78 is 0. The molecule has 0 saturated carbocycles. The first kappa shape index (κ1) is 10.2. The van der Waals surface area contributed by atoms with Crippen LogP contribution in [0, 0.1) is 0 Å². The number of phenols is 2. The van der Waals surface area contributed by atoms with Gasteiger partial charge in [0.2, 0.25) is 0 Å². The smallest absolute Gasteiger partial charge is 0.139 e. The molecule has 0 amide bonds. The van der Waals surface area contributed by atoms with E-state index in [1.807, 2.05) is 0 Å². The Morgan fingerprint density at radius 3 is 2.44 bits per heavy atom. The number of hydrogen-bond acceptors (Lipinski definition) is 4. The molecule has 0 spiro atoms. The molecule has 0 aliphatic carbocycles. The van der Waals surface area contributed by atoms with E-state index in [2.05, 4.69) is 5.32 Å². The summed E-state index contributed by atoms with van der Waals surface area (Å²) in [7, 11) is 0. The lowest BCUT2D eigenvalue weighted by Gasteiger charge is -2.10. The average molecular weight is 216 g/mol. The monoisotopic (exact) mass is 216 g/mol. The summed E-state index contributed by atoms with van der Waals surface area (Å²) in [6.07, 6.45) is 0. The minimum atomic E-state index is 0.118. The van der Waals surface area contributed by atoms with Crippen LogP contribution in [0.25, 0.3) is 0 Å². The highest BCUT2D eigenvalue weighted by Crippen LogP contribution is 2.30. The van der Waals surface area contributed by atoms with E-state index in [0.29, 0.717) is 17.1 Å². The van der Waals surface area contributed by atoms with E-state index in [4.69, 9.17) is 5.73 Å². The largest absolute Gasteiger partial charge is 0.508 e. The molecule has 82 valence electrons. The summed E-state index contributed by atoms with van der Waals surface area (Å²) in [6, 6.07) is 11.4. The number of nitrogens with two attached hydrogens (primary N) is 1. The van der Waals surface area contributed by atoms with Gasteiger partial charge < -0.3 is 21.3 Å². The van der Waals surface area contributed by atoms with Gasteiger partial charge in [-0.2, -0.15) is 0 Å². The second-order valence-electron chi connectivity index (χ2n) is 3.41. The van der Waals surface area contributed by atoms with E-state index in [1.165, 1.54) is 12.1 Å². The van der Waals surface area contributed by atoms with E-state index in [9.17, 15) is 10.2 Å². The van der Waals surface area contributed by atoms with Crippen LogP contribution in [0.5, 0.6) is 11.5 Å². The zero-order valence-electron chi connectivity index (χ0n) is 8.51. The van der Waals surface area contributed by atoms with E-state index < -0.39 is 0 Å². The predicted octanol–water partition coefficient (Wildman–Crippen LogP) is 2.42. The van der Waals surface area contributed by atoms with Crippen molar-refractivity contribution in [2.24, 2.45) is 0 Å². The van der Waals surface area contributed by atoms with Crippen molar-refractivity contribution in [2.75, 3.05) is 11.1 Å². The SMILES string of the molecule is Nc1ccc(O)cc1Nc1ccccc1O. The summed E-state index contributed by atoms with van der Waals surface area (Å²) >= 11 is 0. The van der Waals surface area contributed by atoms with Gasteiger partial charge in [0.25, 0.3) is 0 Å². The van der Waals surface area contributed by atoms with Gasteiger partial charge in [-0.3, -0.25) is 0 Å². The van der Waals surface area contributed by atoms with Crippen molar-refractivity contribution >= 4 is 17.1 Å². The van der Waals surface area contributed by atoms with Crippen molar-refractivity contribution in [1.82, 2.24) is 0 Å². The minimum absolute atomic E-state index is 0.118. The lowest BCUT2D eigenvalue weighted by molar-refractivity contribution is 0.475. The zero-order valence-corrected chi connectivity index (χ0v) is 8.51. The van der Waals surface area contributed by atoms with E-state index in [0.717, 1.165) is 0 Å². The average Bonchev–Trinajstić information content (AvgIpc) is 2.27. The molecule has 16 heavy (non-hydrogen) atoms. The number of para-hydroxylation sites is 2. The third-order valence-corrected chi connectivity index (χ3v) is 2.21. The Bertz CT molecular complexity index is 512. The Morgan fingerprint density at radius 1 is 0.938 bits per heavy atom. The van der Waals surface area contributed by atoms with Gasteiger partial charge >= 0.3 is 0 Å². The van der Waals surface area contributed by atoms with Crippen LogP contribution in [-0.2, 0) is 0 Å². The van der Waals surface area contributed by atoms with Gasteiger partial charge in [0, 0.05) is 6.07 Å². The molecule has 0 heterocycles. The fourth-order valence-corrected chi connectivity index (χ4v) is 1.38. The number of nitrogens with one attached hydrogen (secondary N) is 1. The molecule has 2 rings (SSSR count). The quantitative estimate of drug-likeness (QED) is 0.353. The number of benzene rings is 2. The third-order valence-electron chi connectivity index (χ3n) is 2.21. The van der Waals surface area contributed by atoms with Crippen molar-refractivity contribution in [3.05, 3.63) is 42.5 Å². The highest BCUT2D eigenvalue weighted by atomic mass is 16.3. The Hall–Kier alpha value is -2.36. The number of hydrogen-bond donors (Lipinski definition) is 4. The molecule has 0 aromatic heterocycles. The first-order valence-electron chi connectivity index (χ1n) is 4.80. The van der Waals surface area contributed by atoms with Gasteiger partial charge in [-0.25, -0.2) is 0 Å². The number of phenolic OH excluding ortho intramolecular Hbond substituents is 2. The molecule has 0 aliphatic heterocycles. The number of nitrogen functional groups attached to an aromatic ring is 1.